The summed E-state index contributed by atoms with van der Waals surface area (Å²) in [6.45, 7) is 0. The molecule has 28 heavy (non-hydrogen) atoms. The van der Waals surface area contributed by atoms with Gasteiger partial charge in [0.25, 0.3) is 0 Å². The largest absolute Gasteiger partial charge is 0.373 e. The Morgan fingerprint density at radius 1 is 1.11 bits per heavy atom. The second-order valence-corrected chi connectivity index (χ2v) is 6.64. The minimum absolute atomic E-state index is 0.0117. The molecule has 1 aliphatic carbocycles. The number of carbonyl (C=O) groups excluding carboxylic acids is 2. The molecule has 1 amide bonds. The van der Waals surface area contributed by atoms with E-state index in [2.05, 4.69) is 32.4 Å². The summed E-state index contributed by atoms with van der Waals surface area (Å²) < 4.78 is 0. The monoisotopic (exact) mass is 370 g/mol. The van der Waals surface area contributed by atoms with Gasteiger partial charge in [-0.3, -0.25) is 9.59 Å². The van der Waals surface area contributed by atoms with E-state index in [-0.39, 0.29) is 11.8 Å². The van der Waals surface area contributed by atoms with Crippen LogP contribution in [0.5, 0.6) is 0 Å². The molecule has 1 aliphatic rings. The van der Waals surface area contributed by atoms with Crippen LogP contribution in [0.15, 0.2) is 42.7 Å². The smallest absolute Gasteiger partial charge is 0.228 e. The number of aldehydes is 1. The van der Waals surface area contributed by atoms with Crippen LogP contribution in [0.4, 0.5) is 11.6 Å². The molecule has 6 heteroatoms. The van der Waals surface area contributed by atoms with E-state index < -0.39 is 0 Å². The van der Waals surface area contributed by atoms with Crippen molar-refractivity contribution in [2.45, 2.75) is 12.8 Å². The highest BCUT2D eigenvalue weighted by Crippen LogP contribution is 2.31. The van der Waals surface area contributed by atoms with E-state index in [1.807, 2.05) is 6.07 Å². The van der Waals surface area contributed by atoms with E-state index in [0.717, 1.165) is 41.0 Å². The molecular formula is C22H18N4O2. The maximum absolute atomic E-state index is 12.1. The third-order valence-electron chi connectivity index (χ3n) is 4.60. The number of hydrogen-bond acceptors (Lipinski definition) is 5. The molecule has 1 aromatic carbocycles. The minimum atomic E-state index is 0.0117. The predicted molar refractivity (Wildman–Crippen MR) is 108 cm³/mol. The molecule has 6 nitrogen and oxygen atoms in total. The second kappa shape index (κ2) is 7.49. The summed E-state index contributed by atoms with van der Waals surface area (Å²) in [5.41, 5.74) is 2.14. The van der Waals surface area contributed by atoms with Crippen molar-refractivity contribution < 1.29 is 9.59 Å². The van der Waals surface area contributed by atoms with E-state index in [1.165, 1.54) is 0 Å². The Hall–Kier alpha value is -3.72. The molecule has 0 unspecified atom stereocenters. The summed E-state index contributed by atoms with van der Waals surface area (Å²) in [5, 5.41) is 7.61. The molecule has 0 spiro atoms. The lowest BCUT2D eigenvalue weighted by molar-refractivity contribution is -0.117. The maximum Gasteiger partial charge on any atom is 0.228 e. The summed E-state index contributed by atoms with van der Waals surface area (Å²) in [7, 11) is 1.80. The number of nitrogens with one attached hydrogen (secondary N) is 2. The first-order valence-electron chi connectivity index (χ1n) is 9.02. The van der Waals surface area contributed by atoms with Crippen LogP contribution < -0.4 is 10.6 Å². The zero-order chi connectivity index (χ0) is 19.5. The van der Waals surface area contributed by atoms with E-state index in [0.29, 0.717) is 17.2 Å². The predicted octanol–water partition coefficient (Wildman–Crippen LogP) is 3.23. The number of hydrogen-bond donors (Lipinski definition) is 2. The van der Waals surface area contributed by atoms with Gasteiger partial charge in [0, 0.05) is 47.3 Å². The van der Waals surface area contributed by atoms with Crippen LogP contribution in [0.1, 0.15) is 34.3 Å². The summed E-state index contributed by atoms with van der Waals surface area (Å²) in [5.74, 6) is 7.56. The molecular weight excluding hydrogens is 352 g/mol. The first-order chi connectivity index (χ1) is 13.7. The Morgan fingerprint density at radius 3 is 2.57 bits per heavy atom. The van der Waals surface area contributed by atoms with E-state index >= 15 is 0 Å². The Labute approximate surface area is 162 Å². The lowest BCUT2D eigenvalue weighted by Crippen LogP contribution is -2.14. The molecule has 1 fully saturated rings. The number of pyridine rings is 2. The highest BCUT2D eigenvalue weighted by molar-refractivity contribution is 5.99. The molecule has 0 atom stereocenters. The van der Waals surface area contributed by atoms with Gasteiger partial charge >= 0.3 is 0 Å². The first kappa shape index (κ1) is 17.7. The summed E-state index contributed by atoms with van der Waals surface area (Å²) >= 11 is 0. The normalized spacial score (nSPS) is 12.8. The van der Waals surface area contributed by atoms with Gasteiger partial charge in [-0.05, 0) is 31.0 Å². The fourth-order valence-electron chi connectivity index (χ4n) is 2.86. The minimum Gasteiger partial charge on any atom is -0.373 e. The van der Waals surface area contributed by atoms with Crippen LogP contribution >= 0.6 is 0 Å². The first-order valence-corrected chi connectivity index (χ1v) is 9.02. The molecule has 0 bridgehead atoms. The molecule has 1 saturated carbocycles. The Morgan fingerprint density at radius 2 is 1.89 bits per heavy atom. The number of rotatable bonds is 4. The molecule has 0 saturated heterocycles. The van der Waals surface area contributed by atoms with Crippen molar-refractivity contribution >= 4 is 34.6 Å². The van der Waals surface area contributed by atoms with E-state index in [9.17, 15) is 9.59 Å². The highest BCUT2D eigenvalue weighted by atomic mass is 16.2. The van der Waals surface area contributed by atoms with Crippen LogP contribution in [-0.4, -0.2) is 29.2 Å². The van der Waals surface area contributed by atoms with Gasteiger partial charge in [0.1, 0.15) is 17.9 Å². The van der Waals surface area contributed by atoms with Crippen molar-refractivity contribution in [3.63, 3.8) is 0 Å². The molecule has 3 aromatic rings. The number of benzene rings is 1. The number of fused-ring (bicyclic) bond motifs is 1. The number of aromatic nitrogens is 2. The van der Waals surface area contributed by atoms with Gasteiger partial charge in [0.15, 0.2) is 0 Å². The van der Waals surface area contributed by atoms with Crippen LogP contribution in [-0.2, 0) is 4.79 Å². The third kappa shape index (κ3) is 3.69. The van der Waals surface area contributed by atoms with Gasteiger partial charge in [-0.15, -0.1) is 0 Å². The average Bonchev–Trinajstić information content (AvgIpc) is 3.58. The lowest BCUT2D eigenvalue weighted by Gasteiger charge is -2.09. The SMILES string of the molecule is CNc1ncc(C#Cc2ccc(C=O)cc2)c2cc(NC(=O)C3CC3)ncc12. The summed E-state index contributed by atoms with van der Waals surface area (Å²) in [6, 6.07) is 8.89. The van der Waals surface area contributed by atoms with Gasteiger partial charge < -0.3 is 10.6 Å². The van der Waals surface area contributed by atoms with Crippen LogP contribution in [0.3, 0.4) is 0 Å². The second-order valence-electron chi connectivity index (χ2n) is 6.64. The van der Waals surface area contributed by atoms with Crippen molar-refractivity contribution in [1.29, 1.82) is 0 Å². The average molecular weight is 370 g/mol. The number of amides is 1. The Balaban J connectivity index is 1.72. The van der Waals surface area contributed by atoms with E-state index in [1.54, 1.807) is 43.7 Å². The summed E-state index contributed by atoms with van der Waals surface area (Å²) in [6.07, 6.45) is 6.07. The number of nitrogens with zero attached hydrogens (tertiary/aromatic N) is 2. The maximum atomic E-state index is 12.1. The number of carbonyl (C=O) groups is 2. The molecule has 0 radical (unpaired) electrons. The molecule has 0 aliphatic heterocycles. The molecule has 138 valence electrons. The van der Waals surface area contributed by atoms with Crippen LogP contribution in [0.2, 0.25) is 0 Å². The molecule has 4 rings (SSSR count). The van der Waals surface area contributed by atoms with Gasteiger partial charge in [0.05, 0.1) is 5.56 Å². The quantitative estimate of drug-likeness (QED) is 0.544. The van der Waals surface area contributed by atoms with Crippen molar-refractivity contribution in [2.24, 2.45) is 5.92 Å². The zero-order valence-electron chi connectivity index (χ0n) is 15.3. The van der Waals surface area contributed by atoms with Crippen molar-refractivity contribution in [1.82, 2.24) is 9.97 Å². The highest BCUT2D eigenvalue weighted by Gasteiger charge is 2.29. The van der Waals surface area contributed by atoms with Crippen molar-refractivity contribution in [3.05, 3.63) is 59.4 Å². The van der Waals surface area contributed by atoms with Gasteiger partial charge in [-0.25, -0.2) is 9.97 Å². The van der Waals surface area contributed by atoms with Crippen LogP contribution in [0.25, 0.3) is 10.8 Å². The van der Waals surface area contributed by atoms with Gasteiger partial charge in [-0.1, -0.05) is 24.0 Å². The van der Waals surface area contributed by atoms with E-state index in [4.69, 9.17) is 0 Å². The van der Waals surface area contributed by atoms with Crippen LogP contribution in [0, 0.1) is 17.8 Å². The van der Waals surface area contributed by atoms with Crippen molar-refractivity contribution in [3.8, 4) is 11.8 Å². The third-order valence-corrected chi connectivity index (χ3v) is 4.60. The van der Waals surface area contributed by atoms with Gasteiger partial charge in [0.2, 0.25) is 5.91 Å². The van der Waals surface area contributed by atoms with Crippen molar-refractivity contribution in [2.75, 3.05) is 17.7 Å². The Kier molecular flexibility index (Phi) is 4.73. The molecule has 2 N–H and O–H groups in total. The topological polar surface area (TPSA) is 84.0 Å². The molecule has 2 aromatic heterocycles. The Bertz CT molecular complexity index is 1120. The summed E-state index contributed by atoms with van der Waals surface area (Å²) in [4.78, 5) is 31.6. The number of anilines is 2. The lowest BCUT2D eigenvalue weighted by atomic mass is 10.1. The standard InChI is InChI=1S/C22H18N4O2/c1-23-21-19-12-24-20(26-22(28)16-8-9-16)10-18(19)17(11-25-21)7-6-14-2-4-15(13-27)5-3-14/h2-5,10-13,16H,8-9H2,1H3,(H,23,25)(H,24,26,28). The zero-order valence-corrected chi connectivity index (χ0v) is 15.3. The molecule has 2 heterocycles. The fraction of sp³-hybridized carbons (Fsp3) is 0.182. The fourth-order valence-corrected chi connectivity index (χ4v) is 2.86. The van der Waals surface area contributed by atoms with Gasteiger partial charge in [-0.2, -0.15) is 0 Å².